The molecule has 2 heteroatoms. The molecule has 0 aliphatic heterocycles. The van der Waals surface area contributed by atoms with Crippen molar-refractivity contribution in [2.75, 3.05) is 18.0 Å². The van der Waals surface area contributed by atoms with Gasteiger partial charge in [0.1, 0.15) is 0 Å². The topological polar surface area (TPSA) is 3.24 Å². The van der Waals surface area contributed by atoms with Gasteiger partial charge in [-0.25, -0.2) is 0 Å². The zero-order chi connectivity index (χ0) is 8.97. The molecular formula is C11H18ClN. The number of nitrogens with zero attached hydrogens (tertiary/aromatic N) is 1. The fraction of sp³-hybridized carbons (Fsp3) is 0.455. The molecule has 0 heterocycles. The van der Waals surface area contributed by atoms with Gasteiger partial charge in [0, 0.05) is 18.8 Å². The van der Waals surface area contributed by atoms with Crippen LogP contribution in [0.1, 0.15) is 19.4 Å². The lowest BCUT2D eigenvalue weighted by molar-refractivity contribution is 0.862. The van der Waals surface area contributed by atoms with Gasteiger partial charge in [0.05, 0.1) is 0 Å². The zero-order valence-electron chi connectivity index (χ0n) is 8.58. The fourth-order valence-electron chi connectivity index (χ4n) is 1.48. The third kappa shape index (κ3) is 2.92. The van der Waals surface area contributed by atoms with E-state index < -0.39 is 0 Å². The molecule has 0 bridgehead atoms. The summed E-state index contributed by atoms with van der Waals surface area (Å²) in [6.07, 6.45) is 0. The molecule has 0 aliphatic rings. The van der Waals surface area contributed by atoms with E-state index in [1.807, 2.05) is 0 Å². The van der Waals surface area contributed by atoms with Gasteiger partial charge in [-0.1, -0.05) is 18.2 Å². The van der Waals surface area contributed by atoms with Crippen molar-refractivity contribution >= 4 is 18.1 Å². The summed E-state index contributed by atoms with van der Waals surface area (Å²) in [5.41, 5.74) is 2.73. The highest BCUT2D eigenvalue weighted by molar-refractivity contribution is 5.85. The van der Waals surface area contributed by atoms with Gasteiger partial charge in [0.25, 0.3) is 0 Å². The van der Waals surface area contributed by atoms with Crippen LogP contribution >= 0.6 is 12.4 Å². The normalized spacial score (nSPS) is 9.15. The average Bonchev–Trinajstić information content (AvgIpc) is 2.10. The van der Waals surface area contributed by atoms with Crippen LogP contribution in [0.4, 0.5) is 5.69 Å². The molecule has 0 fully saturated rings. The number of halogens is 1. The molecule has 13 heavy (non-hydrogen) atoms. The van der Waals surface area contributed by atoms with E-state index in [9.17, 15) is 0 Å². The van der Waals surface area contributed by atoms with Crippen LogP contribution in [0.25, 0.3) is 0 Å². The van der Waals surface area contributed by atoms with Crippen molar-refractivity contribution in [3.8, 4) is 0 Å². The first kappa shape index (κ1) is 12.3. The van der Waals surface area contributed by atoms with Gasteiger partial charge < -0.3 is 4.90 Å². The summed E-state index contributed by atoms with van der Waals surface area (Å²) in [5, 5.41) is 0. The molecule has 0 aliphatic carbocycles. The van der Waals surface area contributed by atoms with Crippen LogP contribution in [-0.4, -0.2) is 13.1 Å². The van der Waals surface area contributed by atoms with E-state index in [-0.39, 0.29) is 12.4 Å². The Morgan fingerprint density at radius 2 is 1.62 bits per heavy atom. The van der Waals surface area contributed by atoms with Gasteiger partial charge >= 0.3 is 0 Å². The minimum Gasteiger partial charge on any atom is -0.372 e. The number of aryl methyl sites for hydroxylation is 1. The Morgan fingerprint density at radius 1 is 1.08 bits per heavy atom. The lowest BCUT2D eigenvalue weighted by Crippen LogP contribution is -2.22. The third-order valence-corrected chi connectivity index (χ3v) is 2.22. The molecule has 0 amide bonds. The van der Waals surface area contributed by atoms with Crippen LogP contribution in [0.5, 0.6) is 0 Å². The molecule has 0 atom stereocenters. The van der Waals surface area contributed by atoms with Gasteiger partial charge in [0.2, 0.25) is 0 Å². The average molecular weight is 200 g/mol. The van der Waals surface area contributed by atoms with Crippen molar-refractivity contribution in [1.29, 1.82) is 0 Å². The summed E-state index contributed by atoms with van der Waals surface area (Å²) < 4.78 is 0. The molecule has 1 aromatic carbocycles. The lowest BCUT2D eigenvalue weighted by Gasteiger charge is -2.22. The summed E-state index contributed by atoms with van der Waals surface area (Å²) in [6.45, 7) is 8.71. The molecule has 1 nitrogen and oxygen atoms in total. The smallest absolute Gasteiger partial charge is 0.0395 e. The molecule has 0 spiro atoms. The van der Waals surface area contributed by atoms with Crippen molar-refractivity contribution in [3.05, 3.63) is 29.8 Å². The Labute approximate surface area is 87.2 Å². The first-order chi connectivity index (χ1) is 5.79. The molecule has 0 N–H and O–H groups in total. The Bertz CT molecular complexity index is 244. The molecule has 1 rings (SSSR count). The molecular weight excluding hydrogens is 182 g/mol. The lowest BCUT2D eigenvalue weighted by atomic mass is 10.2. The molecule has 1 aromatic rings. The summed E-state index contributed by atoms with van der Waals surface area (Å²) >= 11 is 0. The maximum absolute atomic E-state index is 2.37. The monoisotopic (exact) mass is 199 g/mol. The predicted octanol–water partition coefficient (Wildman–Crippen LogP) is 3.26. The van der Waals surface area contributed by atoms with Gasteiger partial charge in [-0.05, 0) is 32.4 Å². The quantitative estimate of drug-likeness (QED) is 0.723. The fourth-order valence-corrected chi connectivity index (χ4v) is 1.48. The minimum atomic E-state index is 0. The van der Waals surface area contributed by atoms with Crippen LogP contribution in [0.15, 0.2) is 24.3 Å². The van der Waals surface area contributed by atoms with E-state index >= 15 is 0 Å². The maximum Gasteiger partial charge on any atom is 0.0395 e. The molecule has 0 saturated heterocycles. The van der Waals surface area contributed by atoms with Crippen molar-refractivity contribution in [1.82, 2.24) is 0 Å². The van der Waals surface area contributed by atoms with E-state index in [0.29, 0.717) is 0 Å². The Balaban J connectivity index is 0.00000144. The Morgan fingerprint density at radius 3 is 2.08 bits per heavy atom. The van der Waals surface area contributed by atoms with Crippen molar-refractivity contribution < 1.29 is 0 Å². The van der Waals surface area contributed by atoms with Crippen molar-refractivity contribution in [2.24, 2.45) is 0 Å². The molecule has 0 unspecified atom stereocenters. The van der Waals surface area contributed by atoms with Crippen LogP contribution in [0, 0.1) is 6.92 Å². The first-order valence-electron chi connectivity index (χ1n) is 4.60. The zero-order valence-corrected chi connectivity index (χ0v) is 9.40. The van der Waals surface area contributed by atoms with E-state index in [4.69, 9.17) is 0 Å². The van der Waals surface area contributed by atoms with Gasteiger partial charge in [-0.3, -0.25) is 0 Å². The van der Waals surface area contributed by atoms with Crippen LogP contribution < -0.4 is 4.90 Å². The van der Waals surface area contributed by atoms with Gasteiger partial charge in [-0.15, -0.1) is 12.4 Å². The van der Waals surface area contributed by atoms with Gasteiger partial charge in [0.15, 0.2) is 0 Å². The molecule has 0 aromatic heterocycles. The van der Waals surface area contributed by atoms with Crippen LogP contribution in [0.3, 0.4) is 0 Å². The number of anilines is 1. The second-order valence-corrected chi connectivity index (χ2v) is 2.96. The summed E-state index contributed by atoms with van der Waals surface area (Å²) in [5.74, 6) is 0. The number of para-hydroxylation sites is 1. The number of rotatable bonds is 3. The van der Waals surface area contributed by atoms with E-state index in [0.717, 1.165) is 13.1 Å². The molecule has 0 radical (unpaired) electrons. The second-order valence-electron chi connectivity index (χ2n) is 2.96. The second kappa shape index (κ2) is 5.87. The highest BCUT2D eigenvalue weighted by Crippen LogP contribution is 2.18. The summed E-state index contributed by atoms with van der Waals surface area (Å²) in [6, 6.07) is 8.53. The summed E-state index contributed by atoms with van der Waals surface area (Å²) in [4.78, 5) is 2.37. The Kier molecular flexibility index (Phi) is 5.56. The minimum absolute atomic E-state index is 0. The predicted molar refractivity (Wildman–Crippen MR) is 62.0 cm³/mol. The van der Waals surface area contributed by atoms with E-state index in [1.165, 1.54) is 11.3 Å². The SMILES string of the molecule is CCN(CC)c1ccccc1C.Cl. The Hall–Kier alpha value is -0.690. The summed E-state index contributed by atoms with van der Waals surface area (Å²) in [7, 11) is 0. The van der Waals surface area contributed by atoms with E-state index in [2.05, 4.69) is 49.9 Å². The number of hydrogen-bond acceptors (Lipinski definition) is 1. The van der Waals surface area contributed by atoms with Gasteiger partial charge in [-0.2, -0.15) is 0 Å². The molecule has 0 saturated carbocycles. The highest BCUT2D eigenvalue weighted by Gasteiger charge is 2.02. The third-order valence-electron chi connectivity index (χ3n) is 2.22. The number of benzene rings is 1. The molecule has 74 valence electrons. The highest BCUT2D eigenvalue weighted by atomic mass is 35.5. The van der Waals surface area contributed by atoms with Crippen LogP contribution in [-0.2, 0) is 0 Å². The maximum atomic E-state index is 2.37. The standard InChI is InChI=1S/C11H17N.ClH/c1-4-12(5-2)11-9-7-6-8-10(11)3;/h6-9H,4-5H2,1-3H3;1H. The largest absolute Gasteiger partial charge is 0.372 e. The van der Waals surface area contributed by atoms with Crippen molar-refractivity contribution in [3.63, 3.8) is 0 Å². The van der Waals surface area contributed by atoms with Crippen molar-refractivity contribution in [2.45, 2.75) is 20.8 Å². The number of hydrogen-bond donors (Lipinski definition) is 0. The van der Waals surface area contributed by atoms with Crippen LogP contribution in [0.2, 0.25) is 0 Å². The van der Waals surface area contributed by atoms with E-state index in [1.54, 1.807) is 0 Å². The first-order valence-corrected chi connectivity index (χ1v) is 4.60.